The molecule has 3 N–H and O–H groups in total. The molecule has 0 spiro atoms. The summed E-state index contributed by atoms with van der Waals surface area (Å²) >= 11 is 0. The van der Waals surface area contributed by atoms with E-state index in [1.54, 1.807) is 0 Å². The molecule has 0 heterocycles. The second-order valence-electron chi connectivity index (χ2n) is 4.79. The van der Waals surface area contributed by atoms with Crippen molar-refractivity contribution in [2.24, 2.45) is 5.73 Å². The molecular weight excluding hydrogens is 212 g/mol. The summed E-state index contributed by atoms with van der Waals surface area (Å²) in [6, 6.07) is 5.85. The highest BCUT2D eigenvalue weighted by Crippen LogP contribution is 2.26. The third kappa shape index (κ3) is 2.99. The Morgan fingerprint density at radius 1 is 1.29 bits per heavy atom. The number of ether oxygens (including phenoxy) is 1. The molecule has 0 amide bonds. The lowest BCUT2D eigenvalue weighted by Gasteiger charge is -2.24. The first-order chi connectivity index (χ1) is 8.16. The van der Waals surface area contributed by atoms with E-state index in [1.807, 2.05) is 25.1 Å². The summed E-state index contributed by atoms with van der Waals surface area (Å²) in [5.41, 5.74) is 7.41. The number of nitrogens with one attached hydrogen (secondary N) is 1. The average molecular weight is 232 g/mol. The van der Waals surface area contributed by atoms with Crippen molar-refractivity contribution in [3.05, 3.63) is 29.3 Å². The summed E-state index contributed by atoms with van der Waals surface area (Å²) in [5, 5.41) is 7.59. The molecule has 0 aromatic heterocycles. The van der Waals surface area contributed by atoms with Gasteiger partial charge in [0.05, 0.1) is 11.7 Å². The summed E-state index contributed by atoms with van der Waals surface area (Å²) in [5.74, 6) is 0.842. The Hall–Kier alpha value is -1.51. The van der Waals surface area contributed by atoms with Gasteiger partial charge in [0.2, 0.25) is 0 Å². The van der Waals surface area contributed by atoms with E-state index in [0.29, 0.717) is 6.10 Å². The minimum Gasteiger partial charge on any atom is -0.490 e. The van der Waals surface area contributed by atoms with Crippen molar-refractivity contribution in [2.75, 3.05) is 0 Å². The third-order valence-corrected chi connectivity index (χ3v) is 3.27. The standard InChI is InChI=1S/C14H20N2O/c1-10-7-8-13(12(9-10)14(15)16)17-11-5-3-2-4-6-11/h7-9,11H,2-6H2,1H3,(H3,15,16). The second kappa shape index (κ2) is 5.21. The zero-order valence-electron chi connectivity index (χ0n) is 10.3. The smallest absolute Gasteiger partial charge is 0.130 e. The van der Waals surface area contributed by atoms with Crippen LogP contribution in [-0.4, -0.2) is 11.9 Å². The molecule has 1 aromatic rings. The second-order valence-corrected chi connectivity index (χ2v) is 4.79. The van der Waals surface area contributed by atoms with Crippen molar-refractivity contribution < 1.29 is 4.74 Å². The van der Waals surface area contributed by atoms with Gasteiger partial charge in [-0.05, 0) is 44.7 Å². The summed E-state index contributed by atoms with van der Waals surface area (Å²) in [6.45, 7) is 2.00. The van der Waals surface area contributed by atoms with Crippen molar-refractivity contribution in [1.29, 1.82) is 5.41 Å². The first-order valence-electron chi connectivity index (χ1n) is 6.28. The lowest BCUT2D eigenvalue weighted by Crippen LogP contribution is -2.22. The normalized spacial score (nSPS) is 16.8. The molecule has 0 saturated heterocycles. The first-order valence-corrected chi connectivity index (χ1v) is 6.28. The fourth-order valence-corrected chi connectivity index (χ4v) is 2.32. The van der Waals surface area contributed by atoms with E-state index in [-0.39, 0.29) is 5.84 Å². The zero-order valence-corrected chi connectivity index (χ0v) is 10.3. The Morgan fingerprint density at radius 2 is 2.00 bits per heavy atom. The molecule has 0 aliphatic heterocycles. The van der Waals surface area contributed by atoms with Crippen molar-refractivity contribution >= 4 is 5.84 Å². The quantitative estimate of drug-likeness (QED) is 0.621. The van der Waals surface area contributed by atoms with Crippen molar-refractivity contribution in [1.82, 2.24) is 0 Å². The predicted molar refractivity (Wildman–Crippen MR) is 69.7 cm³/mol. The van der Waals surface area contributed by atoms with Gasteiger partial charge in [0.1, 0.15) is 11.6 Å². The van der Waals surface area contributed by atoms with E-state index in [9.17, 15) is 0 Å². The third-order valence-electron chi connectivity index (χ3n) is 3.27. The van der Waals surface area contributed by atoms with Gasteiger partial charge in [-0.25, -0.2) is 0 Å². The van der Waals surface area contributed by atoms with Crippen LogP contribution < -0.4 is 10.5 Å². The van der Waals surface area contributed by atoms with E-state index in [1.165, 1.54) is 19.3 Å². The molecule has 1 aliphatic carbocycles. The molecule has 3 nitrogen and oxygen atoms in total. The highest BCUT2D eigenvalue weighted by molar-refractivity contribution is 5.97. The number of aryl methyl sites for hydroxylation is 1. The Morgan fingerprint density at radius 3 is 2.65 bits per heavy atom. The summed E-state index contributed by atoms with van der Waals surface area (Å²) < 4.78 is 5.98. The molecule has 0 unspecified atom stereocenters. The summed E-state index contributed by atoms with van der Waals surface area (Å²) in [4.78, 5) is 0. The van der Waals surface area contributed by atoms with Gasteiger partial charge in [-0.2, -0.15) is 0 Å². The largest absolute Gasteiger partial charge is 0.490 e. The van der Waals surface area contributed by atoms with Crippen molar-refractivity contribution in [3.8, 4) is 5.75 Å². The Labute approximate surface area is 102 Å². The topological polar surface area (TPSA) is 59.1 Å². The van der Waals surface area contributed by atoms with Gasteiger partial charge in [-0.3, -0.25) is 5.41 Å². The van der Waals surface area contributed by atoms with Gasteiger partial charge in [0.25, 0.3) is 0 Å². The molecule has 0 radical (unpaired) electrons. The molecule has 92 valence electrons. The number of nitrogen functional groups attached to an aromatic ring is 1. The highest BCUT2D eigenvalue weighted by Gasteiger charge is 2.17. The van der Waals surface area contributed by atoms with Crippen molar-refractivity contribution in [2.45, 2.75) is 45.1 Å². The monoisotopic (exact) mass is 232 g/mol. The number of hydrogen-bond acceptors (Lipinski definition) is 2. The minimum atomic E-state index is 0.0829. The van der Waals surface area contributed by atoms with Crippen LogP contribution in [0.15, 0.2) is 18.2 Å². The molecule has 1 aliphatic rings. The number of amidine groups is 1. The molecule has 0 bridgehead atoms. The maximum absolute atomic E-state index is 7.59. The predicted octanol–water partition coefficient (Wildman–Crippen LogP) is 2.99. The van der Waals surface area contributed by atoms with Crippen LogP contribution in [0.4, 0.5) is 0 Å². The van der Waals surface area contributed by atoms with Gasteiger partial charge in [0.15, 0.2) is 0 Å². The molecule has 2 rings (SSSR count). The Kier molecular flexibility index (Phi) is 3.67. The lowest BCUT2D eigenvalue weighted by molar-refractivity contribution is 0.154. The number of rotatable bonds is 3. The average Bonchev–Trinajstić information content (AvgIpc) is 2.32. The molecule has 1 fully saturated rings. The molecule has 3 heteroatoms. The molecule has 1 saturated carbocycles. The maximum atomic E-state index is 7.59. The van der Waals surface area contributed by atoms with Gasteiger partial charge in [-0.15, -0.1) is 0 Å². The minimum absolute atomic E-state index is 0.0829. The van der Waals surface area contributed by atoms with Crippen LogP contribution in [0.25, 0.3) is 0 Å². The van der Waals surface area contributed by atoms with Gasteiger partial charge in [-0.1, -0.05) is 18.1 Å². The van der Waals surface area contributed by atoms with Crippen LogP contribution in [0.5, 0.6) is 5.75 Å². The maximum Gasteiger partial charge on any atom is 0.130 e. The van der Waals surface area contributed by atoms with E-state index in [4.69, 9.17) is 15.9 Å². The van der Waals surface area contributed by atoms with Crippen LogP contribution in [-0.2, 0) is 0 Å². The van der Waals surface area contributed by atoms with Crippen LogP contribution >= 0.6 is 0 Å². The highest BCUT2D eigenvalue weighted by atomic mass is 16.5. The first kappa shape index (κ1) is 12.0. The number of nitrogens with two attached hydrogens (primary N) is 1. The summed E-state index contributed by atoms with van der Waals surface area (Å²) in [7, 11) is 0. The Balaban J connectivity index is 2.16. The van der Waals surface area contributed by atoms with E-state index in [2.05, 4.69) is 0 Å². The molecule has 0 atom stereocenters. The van der Waals surface area contributed by atoms with E-state index in [0.717, 1.165) is 29.7 Å². The van der Waals surface area contributed by atoms with Gasteiger partial charge >= 0.3 is 0 Å². The van der Waals surface area contributed by atoms with Crippen LogP contribution in [0.1, 0.15) is 43.2 Å². The number of benzene rings is 1. The van der Waals surface area contributed by atoms with Crippen LogP contribution in [0, 0.1) is 12.3 Å². The molecule has 1 aromatic carbocycles. The van der Waals surface area contributed by atoms with Gasteiger partial charge < -0.3 is 10.5 Å². The van der Waals surface area contributed by atoms with E-state index < -0.39 is 0 Å². The van der Waals surface area contributed by atoms with Crippen LogP contribution in [0.2, 0.25) is 0 Å². The van der Waals surface area contributed by atoms with Crippen molar-refractivity contribution in [3.63, 3.8) is 0 Å². The Bertz CT molecular complexity index is 409. The molecule has 17 heavy (non-hydrogen) atoms. The SMILES string of the molecule is Cc1ccc(OC2CCCCC2)c(C(=N)N)c1. The van der Waals surface area contributed by atoms with E-state index >= 15 is 0 Å². The van der Waals surface area contributed by atoms with Crippen LogP contribution in [0.3, 0.4) is 0 Å². The number of hydrogen-bond donors (Lipinski definition) is 2. The lowest BCUT2D eigenvalue weighted by atomic mass is 9.97. The summed E-state index contributed by atoms with van der Waals surface area (Å²) in [6.07, 6.45) is 6.33. The van der Waals surface area contributed by atoms with Gasteiger partial charge in [0, 0.05) is 0 Å². The fraction of sp³-hybridized carbons (Fsp3) is 0.500. The molecular formula is C14H20N2O. The zero-order chi connectivity index (χ0) is 12.3. The fourth-order valence-electron chi connectivity index (χ4n) is 2.32.